The number of hydrogen-bond donors (Lipinski definition) is 1. The summed E-state index contributed by atoms with van der Waals surface area (Å²) >= 11 is 0. The van der Waals surface area contributed by atoms with E-state index in [1.54, 1.807) is 4.90 Å². The number of carbonyl (C=O) groups is 1. The highest BCUT2D eigenvalue weighted by atomic mass is 16.5. The van der Waals surface area contributed by atoms with Crippen LogP contribution in [0, 0.1) is 0 Å². The first-order chi connectivity index (χ1) is 13.7. The second-order valence-electron chi connectivity index (χ2n) is 6.75. The van der Waals surface area contributed by atoms with E-state index in [1.165, 1.54) is 0 Å². The van der Waals surface area contributed by atoms with Crippen molar-refractivity contribution in [1.82, 2.24) is 5.32 Å². The number of urea groups is 1. The molecule has 4 nitrogen and oxygen atoms in total. The molecule has 3 aromatic rings. The average molecular weight is 370 g/mol. The van der Waals surface area contributed by atoms with Crippen molar-refractivity contribution in [2.45, 2.75) is 12.6 Å². The average Bonchev–Trinajstić information content (AvgIpc) is 3.15. The number of hydrogen-bond acceptors (Lipinski definition) is 2. The molecule has 1 fully saturated rings. The van der Waals surface area contributed by atoms with Gasteiger partial charge in [0.1, 0.15) is 12.4 Å². The van der Waals surface area contributed by atoms with Gasteiger partial charge < -0.3 is 10.1 Å². The van der Waals surface area contributed by atoms with Crippen molar-refractivity contribution in [2.75, 3.05) is 11.4 Å². The normalized spacial score (nSPS) is 15.9. The summed E-state index contributed by atoms with van der Waals surface area (Å²) in [6, 6.07) is 25.7. The van der Waals surface area contributed by atoms with Gasteiger partial charge in [0.15, 0.2) is 0 Å². The zero-order valence-corrected chi connectivity index (χ0v) is 15.5. The Balaban J connectivity index is 1.38. The van der Waals surface area contributed by atoms with E-state index in [4.69, 9.17) is 4.74 Å². The molecule has 1 atom stereocenters. The minimum absolute atomic E-state index is 0.0341. The van der Waals surface area contributed by atoms with E-state index in [1.807, 2.05) is 84.9 Å². The molecule has 0 aliphatic carbocycles. The molecule has 0 radical (unpaired) electrons. The van der Waals surface area contributed by atoms with Gasteiger partial charge in [0, 0.05) is 5.69 Å². The van der Waals surface area contributed by atoms with E-state index in [2.05, 4.69) is 11.9 Å². The largest absolute Gasteiger partial charge is 0.489 e. The van der Waals surface area contributed by atoms with Crippen LogP contribution in [0.5, 0.6) is 5.75 Å². The quantitative estimate of drug-likeness (QED) is 0.650. The number of nitrogens with one attached hydrogen (secondary N) is 1. The number of anilines is 1. The Morgan fingerprint density at radius 3 is 2.39 bits per heavy atom. The number of ether oxygens (including phenoxy) is 1. The maximum absolute atomic E-state index is 12.3. The third kappa shape index (κ3) is 3.91. The van der Waals surface area contributed by atoms with Gasteiger partial charge in [-0.25, -0.2) is 4.79 Å². The van der Waals surface area contributed by atoms with E-state index in [-0.39, 0.29) is 12.1 Å². The Morgan fingerprint density at radius 2 is 1.71 bits per heavy atom. The van der Waals surface area contributed by atoms with Gasteiger partial charge in [-0.15, -0.1) is 0 Å². The Labute approximate surface area is 165 Å². The molecule has 0 unspecified atom stereocenters. The predicted octanol–water partition coefficient (Wildman–Crippen LogP) is 5.18. The zero-order chi connectivity index (χ0) is 19.3. The molecule has 0 saturated carbocycles. The standard InChI is InChI=1S/C24H22N2O2/c1-2-18-8-10-19(11-9-18)17-28-22-14-12-20(13-15-22)23-16-26(24(27)25-23)21-6-4-3-5-7-21/h2-15,23H,1,16-17H2,(H,25,27)/t23-/m1/s1. The third-order valence-electron chi connectivity index (χ3n) is 4.88. The van der Waals surface area contributed by atoms with E-state index in [0.717, 1.165) is 28.1 Å². The highest BCUT2D eigenvalue weighted by molar-refractivity contribution is 5.94. The van der Waals surface area contributed by atoms with Crippen molar-refractivity contribution in [3.63, 3.8) is 0 Å². The Hall–Kier alpha value is -3.53. The van der Waals surface area contributed by atoms with E-state index in [0.29, 0.717) is 13.2 Å². The Bertz CT molecular complexity index is 950. The van der Waals surface area contributed by atoms with Crippen molar-refractivity contribution < 1.29 is 9.53 Å². The van der Waals surface area contributed by atoms with Crippen molar-refractivity contribution in [3.05, 3.63) is 102 Å². The molecule has 140 valence electrons. The van der Waals surface area contributed by atoms with E-state index < -0.39 is 0 Å². The second kappa shape index (κ2) is 8.01. The van der Waals surface area contributed by atoms with Crippen LogP contribution in [0.2, 0.25) is 0 Å². The summed E-state index contributed by atoms with van der Waals surface area (Å²) < 4.78 is 5.87. The van der Waals surface area contributed by atoms with Gasteiger partial charge in [0.05, 0.1) is 12.6 Å². The van der Waals surface area contributed by atoms with E-state index in [9.17, 15) is 4.79 Å². The molecule has 4 heteroatoms. The summed E-state index contributed by atoms with van der Waals surface area (Å²) in [6.45, 7) is 4.88. The molecule has 0 spiro atoms. The van der Waals surface area contributed by atoms with Gasteiger partial charge in [-0.1, -0.05) is 67.3 Å². The summed E-state index contributed by atoms with van der Waals surface area (Å²) in [4.78, 5) is 14.1. The van der Waals surface area contributed by atoms with Crippen LogP contribution in [0.3, 0.4) is 0 Å². The second-order valence-corrected chi connectivity index (χ2v) is 6.75. The summed E-state index contributed by atoms with van der Waals surface area (Å²) in [5, 5.41) is 3.04. The molecule has 1 aliphatic rings. The highest BCUT2D eigenvalue weighted by Gasteiger charge is 2.30. The van der Waals surface area contributed by atoms with Crippen LogP contribution in [0.15, 0.2) is 85.4 Å². The molecule has 1 aliphatic heterocycles. The Kier molecular flexibility index (Phi) is 5.11. The van der Waals surface area contributed by atoms with Crippen LogP contribution in [0.4, 0.5) is 10.5 Å². The van der Waals surface area contributed by atoms with Gasteiger partial charge >= 0.3 is 6.03 Å². The predicted molar refractivity (Wildman–Crippen MR) is 112 cm³/mol. The molecule has 0 aromatic heterocycles. The molecule has 0 bridgehead atoms. The first kappa shape index (κ1) is 17.9. The van der Waals surface area contributed by atoms with Gasteiger partial charge in [0.2, 0.25) is 0 Å². The molecule has 2 amide bonds. The third-order valence-corrected chi connectivity index (χ3v) is 4.88. The number of carbonyl (C=O) groups excluding carboxylic acids is 1. The lowest BCUT2D eigenvalue weighted by Gasteiger charge is -2.15. The molecule has 1 saturated heterocycles. The van der Waals surface area contributed by atoms with Crippen LogP contribution < -0.4 is 15.0 Å². The fraction of sp³-hybridized carbons (Fsp3) is 0.125. The summed E-state index contributed by atoms with van der Waals surface area (Å²) in [5.41, 5.74) is 4.17. The van der Waals surface area contributed by atoms with Crippen molar-refractivity contribution in [1.29, 1.82) is 0 Å². The van der Waals surface area contributed by atoms with Gasteiger partial charge in [-0.2, -0.15) is 0 Å². The number of nitrogens with zero attached hydrogens (tertiary/aromatic N) is 1. The molecular weight excluding hydrogens is 348 g/mol. The van der Waals surface area contributed by atoms with Crippen LogP contribution in [-0.4, -0.2) is 12.6 Å². The van der Waals surface area contributed by atoms with Gasteiger partial charge in [-0.05, 0) is 41.0 Å². The topological polar surface area (TPSA) is 41.6 Å². The lowest BCUT2D eigenvalue weighted by atomic mass is 10.1. The van der Waals surface area contributed by atoms with Crippen LogP contribution in [0.1, 0.15) is 22.7 Å². The molecular formula is C24H22N2O2. The minimum Gasteiger partial charge on any atom is -0.489 e. The van der Waals surface area contributed by atoms with Crippen molar-refractivity contribution in [3.8, 4) is 5.75 Å². The van der Waals surface area contributed by atoms with Crippen LogP contribution >= 0.6 is 0 Å². The summed E-state index contributed by atoms with van der Waals surface area (Å²) in [6.07, 6.45) is 1.82. The Morgan fingerprint density at radius 1 is 1.00 bits per heavy atom. The minimum atomic E-state index is -0.0699. The number of para-hydroxylation sites is 1. The lowest BCUT2D eigenvalue weighted by Crippen LogP contribution is -2.27. The van der Waals surface area contributed by atoms with Gasteiger partial charge in [-0.3, -0.25) is 4.90 Å². The molecule has 1 N–H and O–H groups in total. The number of amides is 2. The van der Waals surface area contributed by atoms with Gasteiger partial charge in [0.25, 0.3) is 0 Å². The number of rotatable bonds is 6. The van der Waals surface area contributed by atoms with Crippen molar-refractivity contribution in [2.24, 2.45) is 0 Å². The molecule has 1 heterocycles. The summed E-state index contributed by atoms with van der Waals surface area (Å²) in [5.74, 6) is 0.806. The monoisotopic (exact) mass is 370 g/mol. The zero-order valence-electron chi connectivity index (χ0n) is 15.5. The maximum atomic E-state index is 12.3. The lowest BCUT2D eigenvalue weighted by molar-refractivity contribution is 0.251. The van der Waals surface area contributed by atoms with Crippen LogP contribution in [-0.2, 0) is 6.61 Å². The fourth-order valence-electron chi connectivity index (χ4n) is 3.27. The molecule has 28 heavy (non-hydrogen) atoms. The fourth-order valence-corrected chi connectivity index (χ4v) is 3.27. The van der Waals surface area contributed by atoms with Crippen molar-refractivity contribution >= 4 is 17.8 Å². The molecule has 4 rings (SSSR count). The smallest absolute Gasteiger partial charge is 0.322 e. The summed E-state index contributed by atoms with van der Waals surface area (Å²) in [7, 11) is 0. The highest BCUT2D eigenvalue weighted by Crippen LogP contribution is 2.26. The number of benzene rings is 3. The first-order valence-corrected chi connectivity index (χ1v) is 9.30. The van der Waals surface area contributed by atoms with E-state index >= 15 is 0 Å². The SMILES string of the molecule is C=Cc1ccc(COc2ccc([C@H]3CN(c4ccccc4)C(=O)N3)cc2)cc1. The maximum Gasteiger partial charge on any atom is 0.322 e. The first-order valence-electron chi connectivity index (χ1n) is 9.30. The van der Waals surface area contributed by atoms with Crippen LogP contribution in [0.25, 0.3) is 6.08 Å². The molecule has 3 aromatic carbocycles.